The van der Waals surface area contributed by atoms with E-state index >= 15 is 0 Å². The van der Waals surface area contributed by atoms with Crippen LogP contribution < -0.4 is 0 Å². The van der Waals surface area contributed by atoms with Crippen LogP contribution in [0.3, 0.4) is 0 Å². The van der Waals surface area contributed by atoms with Crippen molar-refractivity contribution in [2.45, 2.75) is 5.88 Å². The van der Waals surface area contributed by atoms with Crippen molar-refractivity contribution < 1.29 is 0 Å². The van der Waals surface area contributed by atoms with Crippen LogP contribution in [0, 0.1) is 0 Å². The number of hydrogen-bond donors (Lipinski definition) is 0. The highest BCUT2D eigenvalue weighted by atomic mass is 35.5. The van der Waals surface area contributed by atoms with E-state index < -0.39 is 0 Å². The molecule has 2 aromatic carbocycles. The molecule has 90 valence electrons. The lowest BCUT2D eigenvalue weighted by molar-refractivity contribution is 1.39. The maximum Gasteiger partial charge on any atom is 0.124 e. The number of thiazole rings is 1. The summed E-state index contributed by atoms with van der Waals surface area (Å²) in [6.07, 6.45) is 0. The van der Waals surface area contributed by atoms with Crippen molar-refractivity contribution in [3.8, 4) is 10.6 Å². The van der Waals surface area contributed by atoms with Crippen molar-refractivity contribution in [2.75, 3.05) is 0 Å². The van der Waals surface area contributed by atoms with Gasteiger partial charge < -0.3 is 0 Å². The second kappa shape index (κ2) is 4.88. The minimum Gasteiger partial charge on any atom is -0.236 e. The first-order valence-electron chi connectivity index (χ1n) is 5.47. The van der Waals surface area contributed by atoms with Gasteiger partial charge in [-0.15, -0.1) is 22.9 Å². The molecule has 0 aliphatic rings. The maximum atomic E-state index is 5.98. The first-order chi connectivity index (χ1) is 8.76. The lowest BCUT2D eigenvalue weighted by Gasteiger charge is -1.98. The van der Waals surface area contributed by atoms with Crippen LogP contribution in [0.2, 0.25) is 5.02 Å². The van der Waals surface area contributed by atoms with Crippen LogP contribution in [0.5, 0.6) is 0 Å². The Hall–Kier alpha value is -1.09. The highest BCUT2D eigenvalue weighted by molar-refractivity contribution is 7.21. The molecule has 0 atom stereocenters. The lowest BCUT2D eigenvalue weighted by Crippen LogP contribution is -1.80. The fourth-order valence-electron chi connectivity index (χ4n) is 1.81. The third-order valence-corrected chi connectivity index (χ3v) is 4.29. The topological polar surface area (TPSA) is 12.9 Å². The van der Waals surface area contributed by atoms with Gasteiger partial charge in [-0.2, -0.15) is 0 Å². The standard InChI is InChI=1S/C14H9Cl2NS/c15-8-9-2-1-3-10(6-9)14-17-12-5-4-11(16)7-13(12)18-14/h1-7H,8H2. The maximum absolute atomic E-state index is 5.98. The Kier molecular flexibility index (Phi) is 3.25. The first-order valence-corrected chi connectivity index (χ1v) is 7.20. The number of benzene rings is 2. The van der Waals surface area contributed by atoms with E-state index in [1.807, 2.05) is 30.3 Å². The summed E-state index contributed by atoms with van der Waals surface area (Å²) in [4.78, 5) is 4.62. The van der Waals surface area contributed by atoms with Crippen molar-refractivity contribution in [1.29, 1.82) is 0 Å². The number of aromatic nitrogens is 1. The Morgan fingerprint density at radius 2 is 2.00 bits per heavy atom. The van der Waals surface area contributed by atoms with E-state index in [-0.39, 0.29) is 0 Å². The lowest BCUT2D eigenvalue weighted by atomic mass is 10.1. The predicted octanol–water partition coefficient (Wildman–Crippen LogP) is 5.36. The fourth-order valence-corrected chi connectivity index (χ4v) is 3.21. The summed E-state index contributed by atoms with van der Waals surface area (Å²) in [5, 5.41) is 1.74. The fraction of sp³-hybridized carbons (Fsp3) is 0.0714. The summed E-state index contributed by atoms with van der Waals surface area (Å²) in [5.41, 5.74) is 3.19. The van der Waals surface area contributed by atoms with Gasteiger partial charge in [0.25, 0.3) is 0 Å². The summed E-state index contributed by atoms with van der Waals surface area (Å²) in [6.45, 7) is 0. The van der Waals surface area contributed by atoms with Crippen molar-refractivity contribution in [3.05, 3.63) is 53.1 Å². The molecule has 0 aliphatic carbocycles. The molecule has 3 rings (SSSR count). The van der Waals surface area contributed by atoms with Gasteiger partial charge in [-0.3, -0.25) is 0 Å². The van der Waals surface area contributed by atoms with E-state index in [4.69, 9.17) is 23.2 Å². The molecule has 18 heavy (non-hydrogen) atoms. The molecule has 0 saturated carbocycles. The van der Waals surface area contributed by atoms with Crippen molar-refractivity contribution in [2.24, 2.45) is 0 Å². The van der Waals surface area contributed by atoms with Crippen LogP contribution in [0.4, 0.5) is 0 Å². The minimum absolute atomic E-state index is 0.518. The van der Waals surface area contributed by atoms with Crippen molar-refractivity contribution in [3.63, 3.8) is 0 Å². The summed E-state index contributed by atoms with van der Waals surface area (Å²) in [5.74, 6) is 0.518. The minimum atomic E-state index is 0.518. The third kappa shape index (κ3) is 2.24. The largest absolute Gasteiger partial charge is 0.236 e. The van der Waals surface area contributed by atoms with Crippen LogP contribution in [0.25, 0.3) is 20.8 Å². The van der Waals surface area contributed by atoms with Gasteiger partial charge in [0.05, 0.1) is 10.2 Å². The molecular weight excluding hydrogens is 285 g/mol. The van der Waals surface area contributed by atoms with Crippen LogP contribution in [0.1, 0.15) is 5.56 Å². The Morgan fingerprint density at radius 1 is 1.11 bits per heavy atom. The van der Waals surface area contributed by atoms with Gasteiger partial charge in [0.2, 0.25) is 0 Å². The number of fused-ring (bicyclic) bond motifs is 1. The average Bonchev–Trinajstić information content (AvgIpc) is 2.81. The Morgan fingerprint density at radius 3 is 2.83 bits per heavy atom. The molecule has 0 N–H and O–H groups in total. The number of hydrogen-bond acceptors (Lipinski definition) is 2. The van der Waals surface area contributed by atoms with Crippen molar-refractivity contribution in [1.82, 2.24) is 4.98 Å². The van der Waals surface area contributed by atoms with Gasteiger partial charge in [0.15, 0.2) is 0 Å². The predicted molar refractivity (Wildman–Crippen MR) is 79.6 cm³/mol. The summed E-state index contributed by atoms with van der Waals surface area (Å²) in [6, 6.07) is 13.9. The van der Waals surface area contributed by atoms with Crippen LogP contribution >= 0.6 is 34.5 Å². The molecule has 4 heteroatoms. The zero-order chi connectivity index (χ0) is 12.5. The Labute approximate surface area is 119 Å². The first kappa shape index (κ1) is 12.0. The van der Waals surface area contributed by atoms with Crippen LogP contribution in [-0.2, 0) is 5.88 Å². The summed E-state index contributed by atoms with van der Waals surface area (Å²) in [7, 11) is 0. The van der Waals surface area contributed by atoms with E-state index in [2.05, 4.69) is 17.1 Å². The second-order valence-electron chi connectivity index (χ2n) is 3.97. The van der Waals surface area contributed by atoms with Gasteiger partial charge in [-0.25, -0.2) is 4.98 Å². The Bertz CT molecular complexity index is 706. The molecule has 0 bridgehead atoms. The quantitative estimate of drug-likeness (QED) is 0.580. The van der Waals surface area contributed by atoms with Gasteiger partial charge in [0.1, 0.15) is 5.01 Å². The van der Waals surface area contributed by atoms with E-state index in [0.717, 1.165) is 31.4 Å². The Balaban J connectivity index is 2.13. The molecule has 3 aromatic rings. The monoisotopic (exact) mass is 293 g/mol. The number of nitrogens with zero attached hydrogens (tertiary/aromatic N) is 1. The molecule has 1 aromatic heterocycles. The van der Waals surface area contributed by atoms with Crippen molar-refractivity contribution >= 4 is 44.8 Å². The normalized spacial score (nSPS) is 11.0. The zero-order valence-corrected chi connectivity index (χ0v) is 11.7. The SMILES string of the molecule is ClCc1cccc(-c2nc3ccc(Cl)cc3s2)c1. The molecule has 0 amide bonds. The highest BCUT2D eigenvalue weighted by Crippen LogP contribution is 2.32. The van der Waals surface area contributed by atoms with E-state index in [9.17, 15) is 0 Å². The highest BCUT2D eigenvalue weighted by Gasteiger charge is 2.07. The number of alkyl halides is 1. The molecule has 0 unspecified atom stereocenters. The van der Waals surface area contributed by atoms with Crippen LogP contribution in [-0.4, -0.2) is 4.98 Å². The number of halogens is 2. The second-order valence-corrected chi connectivity index (χ2v) is 5.70. The van der Waals surface area contributed by atoms with Gasteiger partial charge in [-0.05, 0) is 29.8 Å². The summed E-state index contributed by atoms with van der Waals surface area (Å²) >= 11 is 13.5. The van der Waals surface area contributed by atoms with Gasteiger partial charge in [0, 0.05) is 16.5 Å². The van der Waals surface area contributed by atoms with Gasteiger partial charge in [-0.1, -0.05) is 29.8 Å². The molecule has 0 saturated heterocycles. The molecule has 0 radical (unpaired) electrons. The van der Waals surface area contributed by atoms with E-state index in [0.29, 0.717) is 5.88 Å². The van der Waals surface area contributed by atoms with E-state index in [1.54, 1.807) is 11.3 Å². The molecular formula is C14H9Cl2NS. The molecule has 0 aliphatic heterocycles. The van der Waals surface area contributed by atoms with Gasteiger partial charge >= 0.3 is 0 Å². The zero-order valence-electron chi connectivity index (χ0n) is 9.36. The molecule has 0 spiro atoms. The van der Waals surface area contributed by atoms with Crippen LogP contribution in [0.15, 0.2) is 42.5 Å². The number of rotatable bonds is 2. The van der Waals surface area contributed by atoms with E-state index in [1.165, 1.54) is 0 Å². The molecule has 0 fully saturated rings. The molecule has 1 heterocycles. The molecule has 1 nitrogen and oxygen atoms in total. The summed E-state index contributed by atoms with van der Waals surface area (Å²) < 4.78 is 1.11. The average molecular weight is 294 g/mol. The smallest absolute Gasteiger partial charge is 0.124 e. The third-order valence-electron chi connectivity index (χ3n) is 2.68.